The van der Waals surface area contributed by atoms with Gasteiger partial charge in [-0.2, -0.15) is 0 Å². The van der Waals surface area contributed by atoms with Gasteiger partial charge >= 0.3 is 0 Å². The smallest absolute Gasteiger partial charge is 0.226 e. The van der Waals surface area contributed by atoms with E-state index in [9.17, 15) is 4.79 Å². The van der Waals surface area contributed by atoms with Crippen LogP contribution < -0.4 is 5.73 Å². The summed E-state index contributed by atoms with van der Waals surface area (Å²) in [6.45, 7) is 2.75. The lowest BCUT2D eigenvalue weighted by Gasteiger charge is -2.49. The third kappa shape index (κ3) is 3.19. The van der Waals surface area contributed by atoms with Gasteiger partial charge in [0.15, 0.2) is 0 Å². The first kappa shape index (κ1) is 17.0. The Morgan fingerprint density at radius 3 is 2.92 bits per heavy atom. The highest BCUT2D eigenvalue weighted by Gasteiger charge is 2.43. The minimum Gasteiger partial charge on any atom is -0.399 e. The summed E-state index contributed by atoms with van der Waals surface area (Å²) < 4.78 is 1.92. The van der Waals surface area contributed by atoms with Gasteiger partial charge < -0.3 is 10.6 Å². The van der Waals surface area contributed by atoms with Crippen LogP contribution in [0.3, 0.4) is 0 Å². The zero-order valence-corrected chi connectivity index (χ0v) is 15.4. The number of hydrogen-bond acceptors (Lipinski definition) is 5. The largest absolute Gasteiger partial charge is 0.399 e. The Labute approximate surface area is 153 Å². The van der Waals surface area contributed by atoms with E-state index < -0.39 is 0 Å². The van der Waals surface area contributed by atoms with Crippen molar-refractivity contribution in [3.05, 3.63) is 30.5 Å². The van der Waals surface area contributed by atoms with Gasteiger partial charge in [0.2, 0.25) is 5.91 Å². The molecule has 1 amide bonds. The third-order valence-electron chi connectivity index (χ3n) is 5.76. The summed E-state index contributed by atoms with van der Waals surface area (Å²) in [4.78, 5) is 16.6. The third-order valence-corrected chi connectivity index (χ3v) is 5.76. The first-order valence-electron chi connectivity index (χ1n) is 9.22. The highest BCUT2D eigenvalue weighted by Crippen LogP contribution is 2.37. The average molecular weight is 354 g/mol. The number of fused-ring (bicyclic) bond motifs is 3. The number of amides is 1. The van der Waals surface area contributed by atoms with Gasteiger partial charge in [-0.3, -0.25) is 14.4 Å². The van der Waals surface area contributed by atoms with Gasteiger partial charge in [0.25, 0.3) is 0 Å². The molecule has 1 aromatic carbocycles. The first-order chi connectivity index (χ1) is 12.5. The number of carbonyl (C=O) groups excluding carboxylic acids is 1. The standard InChI is InChI=1S/C19H26N6O/c1-23(2)19(26)17-11-24-7-6-13(17)9-16(24)10-25-12-18(21-22-25)14-4-3-5-15(20)8-14/h3-5,8,12-13,16-17H,6-7,9-11,20H2,1-2H3/t13-,16-,17+/m1/s1. The van der Waals surface area contributed by atoms with E-state index in [-0.39, 0.29) is 11.8 Å². The highest BCUT2D eigenvalue weighted by molar-refractivity contribution is 5.79. The molecule has 138 valence electrons. The SMILES string of the molecule is CN(C)C(=O)[C@H]1CN2CC[C@@H]1C[C@@H]2Cn1cc(-c2cccc(N)c2)nn1. The van der Waals surface area contributed by atoms with Crippen molar-refractivity contribution >= 4 is 11.6 Å². The van der Waals surface area contributed by atoms with Crippen LogP contribution in [-0.4, -0.2) is 63.9 Å². The molecule has 7 heteroatoms. The maximum Gasteiger partial charge on any atom is 0.226 e. The molecule has 0 radical (unpaired) electrons. The van der Waals surface area contributed by atoms with E-state index in [2.05, 4.69) is 15.2 Å². The van der Waals surface area contributed by atoms with Crippen LogP contribution in [0, 0.1) is 11.8 Å². The molecule has 0 spiro atoms. The van der Waals surface area contributed by atoms with Crippen LogP contribution in [0.1, 0.15) is 12.8 Å². The maximum atomic E-state index is 12.4. The van der Waals surface area contributed by atoms with Crippen LogP contribution in [0.2, 0.25) is 0 Å². The van der Waals surface area contributed by atoms with Gasteiger partial charge in [0.1, 0.15) is 5.69 Å². The number of piperidine rings is 3. The number of aromatic nitrogens is 3. The Morgan fingerprint density at radius 1 is 1.38 bits per heavy atom. The van der Waals surface area contributed by atoms with Crippen molar-refractivity contribution in [1.29, 1.82) is 0 Å². The number of nitrogens with zero attached hydrogens (tertiary/aromatic N) is 5. The second-order valence-corrected chi connectivity index (χ2v) is 7.72. The van der Waals surface area contributed by atoms with Crippen LogP contribution in [0.15, 0.2) is 30.5 Å². The van der Waals surface area contributed by atoms with Crippen molar-refractivity contribution in [2.45, 2.75) is 25.4 Å². The van der Waals surface area contributed by atoms with Crippen LogP contribution in [0.4, 0.5) is 5.69 Å². The minimum atomic E-state index is 0.147. The fourth-order valence-corrected chi connectivity index (χ4v) is 4.37. The fraction of sp³-hybridized carbons (Fsp3) is 0.526. The Hall–Kier alpha value is -2.41. The zero-order valence-electron chi connectivity index (χ0n) is 15.4. The van der Waals surface area contributed by atoms with Crippen LogP contribution in [0.5, 0.6) is 0 Å². The second kappa shape index (κ2) is 6.72. The number of carbonyl (C=O) groups is 1. The number of nitrogens with two attached hydrogens (primary N) is 1. The molecule has 2 N–H and O–H groups in total. The first-order valence-corrected chi connectivity index (χ1v) is 9.22. The topological polar surface area (TPSA) is 80.3 Å². The van der Waals surface area contributed by atoms with E-state index >= 15 is 0 Å². The zero-order chi connectivity index (χ0) is 18.3. The fourth-order valence-electron chi connectivity index (χ4n) is 4.37. The van der Waals surface area contributed by atoms with E-state index in [0.29, 0.717) is 12.0 Å². The molecule has 3 aliphatic heterocycles. The Balaban J connectivity index is 1.44. The quantitative estimate of drug-likeness (QED) is 0.838. The molecular formula is C19H26N6O. The number of rotatable bonds is 4. The molecular weight excluding hydrogens is 328 g/mol. The molecule has 2 bridgehead atoms. The van der Waals surface area contributed by atoms with Gasteiger partial charge in [-0.25, -0.2) is 0 Å². The summed E-state index contributed by atoms with van der Waals surface area (Å²) in [5.41, 5.74) is 8.41. The van der Waals surface area contributed by atoms with Gasteiger partial charge in [-0.1, -0.05) is 17.3 Å². The monoisotopic (exact) mass is 354 g/mol. The molecule has 5 rings (SSSR count). The molecule has 3 aliphatic rings. The molecule has 1 aromatic heterocycles. The molecule has 0 saturated carbocycles. The van der Waals surface area contributed by atoms with Gasteiger partial charge in [0.05, 0.1) is 18.7 Å². The lowest BCUT2D eigenvalue weighted by atomic mass is 9.75. The van der Waals surface area contributed by atoms with Gasteiger partial charge in [0, 0.05) is 37.9 Å². The van der Waals surface area contributed by atoms with Crippen LogP contribution >= 0.6 is 0 Å². The predicted molar refractivity (Wildman–Crippen MR) is 100 cm³/mol. The summed E-state index contributed by atoms with van der Waals surface area (Å²) in [6.07, 6.45) is 4.16. The van der Waals surface area contributed by atoms with Crippen molar-refractivity contribution < 1.29 is 4.79 Å². The summed E-state index contributed by atoms with van der Waals surface area (Å²) >= 11 is 0. The summed E-state index contributed by atoms with van der Waals surface area (Å²) in [5, 5.41) is 8.61. The predicted octanol–water partition coefficient (Wildman–Crippen LogP) is 1.33. The van der Waals surface area contributed by atoms with Crippen molar-refractivity contribution in [1.82, 2.24) is 24.8 Å². The van der Waals surface area contributed by atoms with E-state index in [1.165, 1.54) is 0 Å². The van der Waals surface area contributed by atoms with Crippen molar-refractivity contribution in [2.75, 3.05) is 32.9 Å². The summed E-state index contributed by atoms with van der Waals surface area (Å²) in [7, 11) is 3.70. The molecule has 26 heavy (non-hydrogen) atoms. The average Bonchev–Trinajstić information content (AvgIpc) is 3.10. The Bertz CT molecular complexity index is 801. The van der Waals surface area contributed by atoms with E-state index in [1.54, 1.807) is 4.90 Å². The van der Waals surface area contributed by atoms with E-state index in [4.69, 9.17) is 5.73 Å². The van der Waals surface area contributed by atoms with Gasteiger partial charge in [-0.05, 0) is 37.4 Å². The lowest BCUT2D eigenvalue weighted by Crippen LogP contribution is -2.57. The maximum absolute atomic E-state index is 12.4. The lowest BCUT2D eigenvalue weighted by molar-refractivity contribution is -0.141. The molecule has 4 heterocycles. The van der Waals surface area contributed by atoms with E-state index in [1.807, 2.05) is 49.2 Å². The van der Waals surface area contributed by atoms with Crippen molar-refractivity contribution in [2.24, 2.45) is 11.8 Å². The van der Waals surface area contributed by atoms with Crippen molar-refractivity contribution in [3.8, 4) is 11.3 Å². The summed E-state index contributed by atoms with van der Waals surface area (Å²) in [5.74, 6) is 0.897. The second-order valence-electron chi connectivity index (χ2n) is 7.72. The van der Waals surface area contributed by atoms with E-state index in [0.717, 1.165) is 49.4 Å². The number of anilines is 1. The van der Waals surface area contributed by atoms with Crippen molar-refractivity contribution in [3.63, 3.8) is 0 Å². The molecule has 7 nitrogen and oxygen atoms in total. The highest BCUT2D eigenvalue weighted by atomic mass is 16.2. The van der Waals surface area contributed by atoms with Crippen LogP contribution in [0.25, 0.3) is 11.3 Å². The molecule has 4 atom stereocenters. The molecule has 2 aromatic rings. The molecule has 1 unspecified atom stereocenters. The summed E-state index contributed by atoms with van der Waals surface area (Å²) in [6, 6.07) is 8.13. The Morgan fingerprint density at radius 2 is 2.23 bits per heavy atom. The Kier molecular flexibility index (Phi) is 4.40. The normalized spacial score (nSPS) is 27.5. The number of nitrogen functional groups attached to an aromatic ring is 1. The molecule has 3 fully saturated rings. The van der Waals surface area contributed by atoms with Crippen LogP contribution in [-0.2, 0) is 11.3 Å². The van der Waals surface area contributed by atoms with Gasteiger partial charge in [-0.15, -0.1) is 5.10 Å². The molecule has 3 saturated heterocycles. The minimum absolute atomic E-state index is 0.147. The molecule has 0 aliphatic carbocycles. The number of hydrogen-bond donors (Lipinski definition) is 1. The number of benzene rings is 1.